The third kappa shape index (κ3) is 2.56. The molecule has 1 amide bonds. The van der Waals surface area contributed by atoms with Crippen molar-refractivity contribution < 1.29 is 4.79 Å². The van der Waals surface area contributed by atoms with E-state index in [0.717, 1.165) is 41.8 Å². The zero-order chi connectivity index (χ0) is 14.8. The van der Waals surface area contributed by atoms with Crippen LogP contribution < -0.4 is 5.73 Å². The number of carbonyl (C=O) groups excluding carboxylic acids is 1. The number of thiophene rings is 1. The van der Waals surface area contributed by atoms with Crippen LogP contribution in [0.3, 0.4) is 0 Å². The van der Waals surface area contributed by atoms with Gasteiger partial charge in [0.15, 0.2) is 0 Å². The highest BCUT2D eigenvalue weighted by atomic mass is 32.1. The highest BCUT2D eigenvalue weighted by Gasteiger charge is 2.14. The van der Waals surface area contributed by atoms with Gasteiger partial charge in [-0.3, -0.25) is 9.36 Å². The lowest BCUT2D eigenvalue weighted by atomic mass is 10.2. The van der Waals surface area contributed by atoms with Gasteiger partial charge in [0.25, 0.3) is 5.91 Å². The molecule has 0 atom stereocenters. The van der Waals surface area contributed by atoms with Gasteiger partial charge in [0.05, 0.1) is 21.6 Å². The Balaban J connectivity index is 2.15. The van der Waals surface area contributed by atoms with Gasteiger partial charge in [0, 0.05) is 11.8 Å². The summed E-state index contributed by atoms with van der Waals surface area (Å²) in [6, 6.07) is 9.91. The Kier molecular flexibility index (Phi) is 3.75. The van der Waals surface area contributed by atoms with Crippen molar-refractivity contribution in [2.24, 2.45) is 5.73 Å². The first-order valence-electron chi connectivity index (χ1n) is 7.05. The Morgan fingerprint density at radius 2 is 2.19 bits per heavy atom. The Morgan fingerprint density at radius 3 is 2.90 bits per heavy atom. The van der Waals surface area contributed by atoms with Crippen LogP contribution in [0.2, 0.25) is 0 Å². The number of unbranched alkanes of at least 4 members (excludes halogenated alkanes) is 1. The van der Waals surface area contributed by atoms with Gasteiger partial charge in [-0.1, -0.05) is 25.5 Å². The SMILES string of the molecule is CCCCc1nc2ccccc2n1-c1csc(C(N)=O)c1. The summed E-state index contributed by atoms with van der Waals surface area (Å²) < 4.78 is 2.13. The molecule has 2 heterocycles. The molecule has 3 aromatic rings. The molecule has 0 saturated heterocycles. The van der Waals surface area contributed by atoms with Crippen molar-refractivity contribution in [2.45, 2.75) is 26.2 Å². The summed E-state index contributed by atoms with van der Waals surface area (Å²) in [4.78, 5) is 16.6. The molecule has 108 valence electrons. The molecule has 0 spiro atoms. The Bertz CT molecular complexity index is 788. The fraction of sp³-hybridized carbons (Fsp3) is 0.250. The minimum absolute atomic E-state index is 0.384. The van der Waals surface area contributed by atoms with E-state index in [2.05, 4.69) is 17.6 Å². The highest BCUT2D eigenvalue weighted by Crippen LogP contribution is 2.26. The summed E-state index contributed by atoms with van der Waals surface area (Å²) in [6.07, 6.45) is 3.14. The molecule has 0 fully saturated rings. The third-order valence-electron chi connectivity index (χ3n) is 3.47. The molecular weight excluding hydrogens is 282 g/mol. The zero-order valence-electron chi connectivity index (χ0n) is 11.9. The van der Waals surface area contributed by atoms with Crippen molar-refractivity contribution in [3.63, 3.8) is 0 Å². The quantitative estimate of drug-likeness (QED) is 0.783. The smallest absolute Gasteiger partial charge is 0.258 e. The van der Waals surface area contributed by atoms with Crippen LogP contribution in [0.15, 0.2) is 35.7 Å². The zero-order valence-corrected chi connectivity index (χ0v) is 12.7. The summed E-state index contributed by atoms with van der Waals surface area (Å²) in [7, 11) is 0. The van der Waals surface area contributed by atoms with E-state index in [1.807, 2.05) is 29.6 Å². The number of hydrogen-bond acceptors (Lipinski definition) is 3. The normalized spacial score (nSPS) is 11.1. The number of benzene rings is 1. The number of nitrogens with two attached hydrogens (primary N) is 1. The lowest BCUT2D eigenvalue weighted by Gasteiger charge is -2.06. The summed E-state index contributed by atoms with van der Waals surface area (Å²) in [5, 5.41) is 1.96. The molecule has 2 aromatic heterocycles. The second kappa shape index (κ2) is 5.69. The second-order valence-corrected chi connectivity index (χ2v) is 5.90. The minimum atomic E-state index is -0.384. The van der Waals surface area contributed by atoms with Gasteiger partial charge >= 0.3 is 0 Å². The van der Waals surface area contributed by atoms with Crippen LogP contribution in [0.25, 0.3) is 16.7 Å². The molecule has 1 aromatic carbocycles. The fourth-order valence-electron chi connectivity index (χ4n) is 2.44. The number of imidazole rings is 1. The van der Waals surface area contributed by atoms with Gasteiger partial charge in [-0.15, -0.1) is 11.3 Å². The van der Waals surface area contributed by atoms with Crippen LogP contribution in [0.4, 0.5) is 0 Å². The van der Waals surface area contributed by atoms with Crippen molar-refractivity contribution in [3.8, 4) is 5.69 Å². The van der Waals surface area contributed by atoms with Gasteiger partial charge in [0.1, 0.15) is 5.82 Å². The molecule has 3 rings (SSSR count). The van der Waals surface area contributed by atoms with Gasteiger partial charge < -0.3 is 5.73 Å². The van der Waals surface area contributed by atoms with Crippen LogP contribution in [-0.2, 0) is 6.42 Å². The number of aryl methyl sites for hydroxylation is 1. The molecular formula is C16H17N3OS. The number of rotatable bonds is 5. The predicted molar refractivity (Wildman–Crippen MR) is 86.1 cm³/mol. The van der Waals surface area contributed by atoms with Crippen molar-refractivity contribution >= 4 is 28.3 Å². The van der Waals surface area contributed by atoms with Gasteiger partial charge in [-0.05, 0) is 24.6 Å². The van der Waals surface area contributed by atoms with E-state index in [9.17, 15) is 4.79 Å². The standard InChI is InChI=1S/C16H17N3OS/c1-2-3-8-15-18-12-6-4-5-7-13(12)19(15)11-9-14(16(17)20)21-10-11/h4-7,9-10H,2-3,8H2,1H3,(H2,17,20). The molecule has 0 aliphatic heterocycles. The maximum atomic E-state index is 11.3. The minimum Gasteiger partial charge on any atom is -0.365 e. The lowest BCUT2D eigenvalue weighted by Crippen LogP contribution is -2.08. The molecule has 0 unspecified atom stereocenters. The van der Waals surface area contributed by atoms with E-state index < -0.39 is 0 Å². The van der Waals surface area contributed by atoms with Crippen LogP contribution >= 0.6 is 11.3 Å². The van der Waals surface area contributed by atoms with E-state index in [4.69, 9.17) is 10.7 Å². The number of fused-ring (bicyclic) bond motifs is 1. The first-order valence-corrected chi connectivity index (χ1v) is 7.93. The van der Waals surface area contributed by atoms with E-state index >= 15 is 0 Å². The molecule has 21 heavy (non-hydrogen) atoms. The number of primary amides is 1. The molecule has 5 heteroatoms. The number of para-hydroxylation sites is 2. The molecule has 0 saturated carbocycles. The number of carbonyl (C=O) groups is 1. The van der Waals surface area contributed by atoms with E-state index in [1.54, 1.807) is 0 Å². The van der Waals surface area contributed by atoms with E-state index in [1.165, 1.54) is 11.3 Å². The summed E-state index contributed by atoms with van der Waals surface area (Å²) >= 11 is 1.37. The Morgan fingerprint density at radius 1 is 1.38 bits per heavy atom. The van der Waals surface area contributed by atoms with Crippen molar-refractivity contribution in [1.82, 2.24) is 9.55 Å². The van der Waals surface area contributed by atoms with Gasteiger partial charge in [-0.2, -0.15) is 0 Å². The van der Waals surface area contributed by atoms with E-state index in [0.29, 0.717) is 4.88 Å². The van der Waals surface area contributed by atoms with E-state index in [-0.39, 0.29) is 5.91 Å². The summed E-state index contributed by atoms with van der Waals surface area (Å²) in [5.74, 6) is 0.651. The number of nitrogens with zero attached hydrogens (tertiary/aromatic N) is 2. The Labute approximate surface area is 127 Å². The van der Waals surface area contributed by atoms with Crippen LogP contribution in [-0.4, -0.2) is 15.5 Å². The number of amides is 1. The molecule has 0 aliphatic rings. The maximum absolute atomic E-state index is 11.3. The largest absolute Gasteiger partial charge is 0.365 e. The highest BCUT2D eigenvalue weighted by molar-refractivity contribution is 7.12. The first-order chi connectivity index (χ1) is 10.2. The monoisotopic (exact) mass is 299 g/mol. The number of hydrogen-bond donors (Lipinski definition) is 1. The fourth-order valence-corrected chi connectivity index (χ4v) is 3.17. The Hall–Kier alpha value is -2.14. The third-order valence-corrected chi connectivity index (χ3v) is 4.40. The first kappa shape index (κ1) is 13.8. The average Bonchev–Trinajstić information content (AvgIpc) is 3.08. The molecule has 4 nitrogen and oxygen atoms in total. The number of aromatic nitrogens is 2. The summed E-state index contributed by atoms with van der Waals surface area (Å²) in [5.41, 5.74) is 8.37. The molecule has 0 aliphatic carbocycles. The van der Waals surface area contributed by atoms with Crippen molar-refractivity contribution in [2.75, 3.05) is 0 Å². The van der Waals surface area contributed by atoms with Gasteiger partial charge in [-0.25, -0.2) is 4.98 Å². The average molecular weight is 299 g/mol. The molecule has 0 radical (unpaired) electrons. The topological polar surface area (TPSA) is 60.9 Å². The maximum Gasteiger partial charge on any atom is 0.258 e. The molecule has 2 N–H and O–H groups in total. The second-order valence-electron chi connectivity index (χ2n) is 4.99. The lowest BCUT2D eigenvalue weighted by molar-refractivity contribution is 0.100. The summed E-state index contributed by atoms with van der Waals surface area (Å²) in [6.45, 7) is 2.17. The van der Waals surface area contributed by atoms with Crippen LogP contribution in [0.1, 0.15) is 35.3 Å². The molecule has 0 bridgehead atoms. The predicted octanol–water partition coefficient (Wildman–Crippen LogP) is 3.53. The van der Waals surface area contributed by atoms with Crippen LogP contribution in [0, 0.1) is 0 Å². The van der Waals surface area contributed by atoms with Crippen LogP contribution in [0.5, 0.6) is 0 Å². The van der Waals surface area contributed by atoms with Crippen molar-refractivity contribution in [1.29, 1.82) is 0 Å². The van der Waals surface area contributed by atoms with Crippen molar-refractivity contribution in [3.05, 3.63) is 46.4 Å². The van der Waals surface area contributed by atoms with Gasteiger partial charge in [0.2, 0.25) is 0 Å².